The second kappa shape index (κ2) is 4.24. The minimum atomic E-state index is 0.227. The summed E-state index contributed by atoms with van der Waals surface area (Å²) in [4.78, 5) is 8.56. The molecule has 1 unspecified atom stereocenters. The highest BCUT2D eigenvalue weighted by Crippen LogP contribution is 2.23. The summed E-state index contributed by atoms with van der Waals surface area (Å²) in [5, 5.41) is 4.28. The highest BCUT2D eigenvalue weighted by molar-refractivity contribution is 9.10. The van der Waals surface area contributed by atoms with Crippen molar-refractivity contribution in [2.75, 3.05) is 7.05 Å². The average molecular weight is 266 g/mol. The van der Waals surface area contributed by atoms with E-state index in [1.54, 1.807) is 6.33 Å². The molecule has 0 saturated carbocycles. The lowest BCUT2D eigenvalue weighted by Gasteiger charge is -2.11. The molecule has 0 radical (unpaired) electrons. The van der Waals surface area contributed by atoms with E-state index < -0.39 is 0 Å². The Bertz CT molecular complexity index is 484. The van der Waals surface area contributed by atoms with Crippen LogP contribution in [0.4, 0.5) is 0 Å². The highest BCUT2D eigenvalue weighted by Gasteiger charge is 2.09. The zero-order valence-electron chi connectivity index (χ0n) is 8.66. The van der Waals surface area contributed by atoms with Crippen LogP contribution in [0.3, 0.4) is 0 Å². The number of hydrogen-bond acceptors (Lipinski definition) is 3. The maximum Gasteiger partial charge on any atom is 0.116 e. The first kappa shape index (κ1) is 10.5. The summed E-state index contributed by atoms with van der Waals surface area (Å²) in [5.74, 6) is 0. The predicted octanol–water partition coefficient (Wildman–Crippen LogP) is 2.67. The van der Waals surface area contributed by atoms with Crippen molar-refractivity contribution in [1.82, 2.24) is 15.3 Å². The molecule has 1 atom stereocenters. The van der Waals surface area contributed by atoms with Crippen molar-refractivity contribution in [3.8, 4) is 0 Å². The molecule has 1 aromatic heterocycles. The fourth-order valence-corrected chi connectivity index (χ4v) is 1.89. The number of hydrogen-bond donors (Lipinski definition) is 1. The van der Waals surface area contributed by atoms with Gasteiger partial charge in [-0.05, 0) is 32.2 Å². The number of fused-ring (bicyclic) bond motifs is 1. The summed E-state index contributed by atoms with van der Waals surface area (Å²) in [6.45, 7) is 2.09. The number of benzene rings is 1. The summed E-state index contributed by atoms with van der Waals surface area (Å²) in [6, 6.07) is 6.26. The summed E-state index contributed by atoms with van der Waals surface area (Å²) < 4.78 is 1.05. The molecule has 1 heterocycles. The van der Waals surface area contributed by atoms with Crippen molar-refractivity contribution in [2.24, 2.45) is 0 Å². The van der Waals surface area contributed by atoms with Gasteiger partial charge in [-0.1, -0.05) is 15.9 Å². The van der Waals surface area contributed by atoms with Crippen LogP contribution in [0.25, 0.3) is 10.9 Å². The molecule has 0 spiro atoms. The number of halogens is 1. The smallest absolute Gasteiger partial charge is 0.116 e. The third kappa shape index (κ3) is 2.01. The first-order valence-electron chi connectivity index (χ1n) is 4.80. The molecule has 0 fully saturated rings. The maximum absolute atomic E-state index is 4.32. The number of nitrogens with one attached hydrogen (secondary N) is 1. The van der Waals surface area contributed by atoms with Gasteiger partial charge in [-0.3, -0.25) is 0 Å². The van der Waals surface area contributed by atoms with Gasteiger partial charge in [-0.15, -0.1) is 0 Å². The summed E-state index contributed by atoms with van der Waals surface area (Å²) >= 11 is 3.46. The fourth-order valence-electron chi connectivity index (χ4n) is 1.53. The van der Waals surface area contributed by atoms with Crippen LogP contribution in [-0.4, -0.2) is 17.0 Å². The second-order valence-electron chi connectivity index (χ2n) is 3.43. The monoisotopic (exact) mass is 265 g/mol. The Morgan fingerprint density at radius 2 is 2.13 bits per heavy atom. The number of rotatable bonds is 2. The first-order valence-corrected chi connectivity index (χ1v) is 5.59. The third-order valence-electron chi connectivity index (χ3n) is 2.47. The van der Waals surface area contributed by atoms with Gasteiger partial charge >= 0.3 is 0 Å². The van der Waals surface area contributed by atoms with E-state index in [4.69, 9.17) is 0 Å². The van der Waals surface area contributed by atoms with Crippen molar-refractivity contribution in [3.63, 3.8) is 0 Å². The molecule has 0 aliphatic heterocycles. The van der Waals surface area contributed by atoms with Gasteiger partial charge in [-0.25, -0.2) is 9.97 Å². The molecule has 3 nitrogen and oxygen atoms in total. The molecule has 2 rings (SSSR count). The van der Waals surface area contributed by atoms with Crippen LogP contribution in [0.5, 0.6) is 0 Å². The van der Waals surface area contributed by atoms with E-state index >= 15 is 0 Å². The number of nitrogens with zero attached hydrogens (tertiary/aromatic N) is 2. The average Bonchev–Trinajstić information content (AvgIpc) is 2.27. The molecule has 78 valence electrons. The van der Waals surface area contributed by atoms with Crippen LogP contribution >= 0.6 is 15.9 Å². The summed E-state index contributed by atoms with van der Waals surface area (Å²) in [5.41, 5.74) is 2.01. The predicted molar refractivity (Wildman–Crippen MR) is 64.7 cm³/mol. The van der Waals surface area contributed by atoms with Gasteiger partial charge < -0.3 is 5.32 Å². The lowest BCUT2D eigenvalue weighted by molar-refractivity contribution is 0.637. The molecule has 1 aromatic carbocycles. The van der Waals surface area contributed by atoms with Crippen molar-refractivity contribution in [3.05, 3.63) is 34.7 Å². The Kier molecular flexibility index (Phi) is 2.98. The van der Waals surface area contributed by atoms with Crippen LogP contribution < -0.4 is 5.32 Å². The summed E-state index contributed by atoms with van der Waals surface area (Å²) in [7, 11) is 1.93. The quantitative estimate of drug-likeness (QED) is 0.908. The van der Waals surface area contributed by atoms with Gasteiger partial charge in [0.2, 0.25) is 0 Å². The van der Waals surface area contributed by atoms with Gasteiger partial charge in [0.05, 0.1) is 11.2 Å². The largest absolute Gasteiger partial charge is 0.312 e. The van der Waals surface area contributed by atoms with E-state index in [0.29, 0.717) is 0 Å². The van der Waals surface area contributed by atoms with Gasteiger partial charge in [0, 0.05) is 15.9 Å². The lowest BCUT2D eigenvalue weighted by Crippen LogP contribution is -2.14. The fraction of sp³-hybridized carbons (Fsp3) is 0.273. The van der Waals surface area contributed by atoms with E-state index in [-0.39, 0.29) is 6.04 Å². The van der Waals surface area contributed by atoms with Crippen LogP contribution in [0.2, 0.25) is 0 Å². The van der Waals surface area contributed by atoms with E-state index in [9.17, 15) is 0 Å². The van der Waals surface area contributed by atoms with Crippen LogP contribution in [0.1, 0.15) is 18.7 Å². The normalized spacial score (nSPS) is 13.0. The van der Waals surface area contributed by atoms with Gasteiger partial charge in [-0.2, -0.15) is 0 Å². The molecule has 0 aliphatic carbocycles. The highest BCUT2D eigenvalue weighted by atomic mass is 79.9. The molecule has 15 heavy (non-hydrogen) atoms. The zero-order valence-corrected chi connectivity index (χ0v) is 10.2. The van der Waals surface area contributed by atoms with Crippen molar-refractivity contribution in [1.29, 1.82) is 0 Å². The van der Waals surface area contributed by atoms with E-state index in [0.717, 1.165) is 21.1 Å². The zero-order chi connectivity index (χ0) is 10.8. The Labute approximate surface area is 97.1 Å². The van der Waals surface area contributed by atoms with E-state index in [1.165, 1.54) is 0 Å². The van der Waals surface area contributed by atoms with Crippen LogP contribution in [0.15, 0.2) is 29.0 Å². The molecular weight excluding hydrogens is 254 g/mol. The topological polar surface area (TPSA) is 37.8 Å². The molecule has 0 aliphatic rings. The Balaban J connectivity index is 2.68. The van der Waals surface area contributed by atoms with Crippen molar-refractivity contribution in [2.45, 2.75) is 13.0 Å². The second-order valence-corrected chi connectivity index (χ2v) is 4.35. The molecular formula is C11H12BrN3. The first-order chi connectivity index (χ1) is 7.22. The van der Waals surface area contributed by atoms with Crippen LogP contribution in [-0.2, 0) is 0 Å². The lowest BCUT2D eigenvalue weighted by atomic mass is 10.1. The van der Waals surface area contributed by atoms with Crippen molar-refractivity contribution < 1.29 is 0 Å². The molecule has 4 heteroatoms. The minimum Gasteiger partial charge on any atom is -0.312 e. The molecule has 2 aromatic rings. The van der Waals surface area contributed by atoms with E-state index in [2.05, 4.69) is 44.2 Å². The molecule has 1 N–H and O–H groups in total. The van der Waals surface area contributed by atoms with Crippen LogP contribution in [0, 0.1) is 0 Å². The summed E-state index contributed by atoms with van der Waals surface area (Å²) in [6.07, 6.45) is 1.61. The molecule has 0 saturated heterocycles. The third-order valence-corrected chi connectivity index (χ3v) is 2.96. The standard InChI is InChI=1S/C11H12BrN3/c1-7(13-2)11-9-5-8(12)3-4-10(9)14-6-15-11/h3-7,13H,1-2H3. The van der Waals surface area contributed by atoms with E-state index in [1.807, 2.05) is 19.2 Å². The molecule has 0 bridgehead atoms. The van der Waals surface area contributed by atoms with Gasteiger partial charge in [0.25, 0.3) is 0 Å². The Morgan fingerprint density at radius 1 is 1.33 bits per heavy atom. The Morgan fingerprint density at radius 3 is 2.87 bits per heavy atom. The van der Waals surface area contributed by atoms with Crippen molar-refractivity contribution >= 4 is 26.8 Å². The SMILES string of the molecule is CNC(C)c1ncnc2ccc(Br)cc12. The minimum absolute atomic E-state index is 0.227. The molecule has 0 amide bonds. The van der Waals surface area contributed by atoms with Gasteiger partial charge in [0.1, 0.15) is 6.33 Å². The Hall–Kier alpha value is -1.000. The van der Waals surface area contributed by atoms with Gasteiger partial charge in [0.15, 0.2) is 0 Å². The maximum atomic E-state index is 4.32. The number of aromatic nitrogens is 2.